The summed E-state index contributed by atoms with van der Waals surface area (Å²) >= 11 is 0. The first-order chi connectivity index (χ1) is 8.92. The number of piperazine rings is 1. The molecule has 1 fully saturated rings. The average Bonchev–Trinajstić information content (AvgIpc) is 2.45. The average molecular weight is 250 g/mol. The van der Waals surface area contributed by atoms with Crippen LogP contribution in [0, 0.1) is 0 Å². The topological polar surface area (TPSA) is 33.7 Å². The first kappa shape index (κ1) is 13.2. The summed E-state index contributed by atoms with van der Waals surface area (Å²) in [7, 11) is 0. The molecule has 1 saturated heterocycles. The standard InChI is InChI=1S/C14H22N2O2/c1-2-17-11-12-18-14-6-4-3-5-13(14)16-9-7-15-8-10-16/h3-6,15H,2,7-12H2,1H3. The van der Waals surface area contributed by atoms with Gasteiger partial charge in [-0.2, -0.15) is 0 Å². The molecule has 0 unspecified atom stereocenters. The number of hydrogen-bond donors (Lipinski definition) is 1. The van der Waals surface area contributed by atoms with Crippen molar-refractivity contribution in [1.29, 1.82) is 0 Å². The van der Waals surface area contributed by atoms with Crippen LogP contribution in [0.15, 0.2) is 24.3 Å². The highest BCUT2D eigenvalue weighted by Gasteiger charge is 2.14. The van der Waals surface area contributed by atoms with Gasteiger partial charge in [0.2, 0.25) is 0 Å². The van der Waals surface area contributed by atoms with E-state index in [9.17, 15) is 0 Å². The highest BCUT2D eigenvalue weighted by Crippen LogP contribution is 2.28. The summed E-state index contributed by atoms with van der Waals surface area (Å²) in [5, 5.41) is 3.36. The lowest BCUT2D eigenvalue weighted by atomic mass is 10.2. The molecule has 0 radical (unpaired) electrons. The molecule has 18 heavy (non-hydrogen) atoms. The van der Waals surface area contributed by atoms with Crippen LogP contribution in [0.5, 0.6) is 5.75 Å². The van der Waals surface area contributed by atoms with Crippen molar-refractivity contribution in [2.24, 2.45) is 0 Å². The van der Waals surface area contributed by atoms with Crippen LogP contribution >= 0.6 is 0 Å². The highest BCUT2D eigenvalue weighted by atomic mass is 16.5. The molecule has 1 aliphatic rings. The van der Waals surface area contributed by atoms with Crippen LogP contribution in [0.2, 0.25) is 0 Å². The zero-order valence-corrected chi connectivity index (χ0v) is 11.0. The number of para-hydroxylation sites is 2. The van der Waals surface area contributed by atoms with Crippen molar-refractivity contribution < 1.29 is 9.47 Å². The Kier molecular flexibility index (Phi) is 5.30. The Labute approximate surface area is 109 Å². The van der Waals surface area contributed by atoms with Crippen LogP contribution in [0.1, 0.15) is 6.92 Å². The maximum atomic E-state index is 5.81. The van der Waals surface area contributed by atoms with Gasteiger partial charge in [0.25, 0.3) is 0 Å². The second-order valence-corrected chi connectivity index (χ2v) is 4.25. The largest absolute Gasteiger partial charge is 0.489 e. The first-order valence-electron chi connectivity index (χ1n) is 6.67. The lowest BCUT2D eigenvalue weighted by Crippen LogP contribution is -2.43. The minimum Gasteiger partial charge on any atom is -0.489 e. The van der Waals surface area contributed by atoms with Crippen LogP contribution in [-0.4, -0.2) is 46.0 Å². The van der Waals surface area contributed by atoms with Crippen molar-refractivity contribution in [2.45, 2.75) is 6.92 Å². The van der Waals surface area contributed by atoms with Crippen LogP contribution in [0.25, 0.3) is 0 Å². The molecule has 0 amide bonds. The lowest BCUT2D eigenvalue weighted by Gasteiger charge is -2.30. The maximum absolute atomic E-state index is 5.81. The molecule has 0 spiro atoms. The van der Waals surface area contributed by atoms with Gasteiger partial charge in [-0.25, -0.2) is 0 Å². The van der Waals surface area contributed by atoms with Gasteiger partial charge < -0.3 is 19.7 Å². The summed E-state index contributed by atoms with van der Waals surface area (Å²) in [5.74, 6) is 0.958. The zero-order chi connectivity index (χ0) is 12.6. The van der Waals surface area contributed by atoms with Crippen LogP contribution in [0.3, 0.4) is 0 Å². The third kappa shape index (κ3) is 3.62. The summed E-state index contributed by atoms with van der Waals surface area (Å²) < 4.78 is 11.1. The van der Waals surface area contributed by atoms with Crippen molar-refractivity contribution in [3.05, 3.63) is 24.3 Å². The number of anilines is 1. The normalized spacial score (nSPS) is 15.7. The third-order valence-corrected chi connectivity index (χ3v) is 3.01. The Morgan fingerprint density at radius 1 is 1.17 bits per heavy atom. The van der Waals surface area contributed by atoms with Crippen molar-refractivity contribution >= 4 is 5.69 Å². The summed E-state index contributed by atoms with van der Waals surface area (Å²) in [6.07, 6.45) is 0. The van der Waals surface area contributed by atoms with E-state index < -0.39 is 0 Å². The van der Waals surface area contributed by atoms with E-state index in [0.717, 1.165) is 38.5 Å². The summed E-state index contributed by atoms with van der Waals surface area (Å²) in [6, 6.07) is 8.24. The van der Waals surface area contributed by atoms with Gasteiger partial charge in [-0.3, -0.25) is 0 Å². The van der Waals surface area contributed by atoms with E-state index in [-0.39, 0.29) is 0 Å². The predicted octanol–water partition coefficient (Wildman–Crippen LogP) is 1.51. The molecule has 0 aliphatic carbocycles. The Morgan fingerprint density at radius 3 is 2.72 bits per heavy atom. The number of ether oxygens (including phenoxy) is 2. The van der Waals surface area contributed by atoms with Crippen molar-refractivity contribution in [1.82, 2.24) is 5.32 Å². The van der Waals surface area contributed by atoms with Crippen molar-refractivity contribution in [2.75, 3.05) is 50.9 Å². The molecule has 0 aromatic heterocycles. The van der Waals surface area contributed by atoms with E-state index in [1.807, 2.05) is 19.1 Å². The molecule has 1 aromatic carbocycles. The molecular formula is C14H22N2O2. The van der Waals surface area contributed by atoms with Gasteiger partial charge >= 0.3 is 0 Å². The molecule has 100 valence electrons. The fourth-order valence-electron chi connectivity index (χ4n) is 2.10. The van der Waals surface area contributed by atoms with E-state index in [1.54, 1.807) is 0 Å². The van der Waals surface area contributed by atoms with E-state index in [1.165, 1.54) is 5.69 Å². The number of nitrogens with zero attached hydrogens (tertiary/aromatic N) is 1. The zero-order valence-electron chi connectivity index (χ0n) is 11.0. The molecule has 0 atom stereocenters. The number of hydrogen-bond acceptors (Lipinski definition) is 4. The maximum Gasteiger partial charge on any atom is 0.142 e. The van der Waals surface area contributed by atoms with E-state index in [2.05, 4.69) is 22.3 Å². The molecule has 1 aromatic rings. The smallest absolute Gasteiger partial charge is 0.142 e. The van der Waals surface area contributed by atoms with E-state index in [0.29, 0.717) is 13.2 Å². The molecular weight excluding hydrogens is 228 g/mol. The Balaban J connectivity index is 1.96. The molecule has 1 heterocycles. The molecule has 2 rings (SSSR count). The monoisotopic (exact) mass is 250 g/mol. The second kappa shape index (κ2) is 7.24. The van der Waals surface area contributed by atoms with Gasteiger partial charge in [0.1, 0.15) is 12.4 Å². The fourth-order valence-corrected chi connectivity index (χ4v) is 2.10. The van der Waals surface area contributed by atoms with Gasteiger partial charge in [0, 0.05) is 32.8 Å². The summed E-state index contributed by atoms with van der Waals surface area (Å²) in [4.78, 5) is 2.37. The van der Waals surface area contributed by atoms with E-state index >= 15 is 0 Å². The van der Waals surface area contributed by atoms with Gasteiger partial charge in [0.15, 0.2) is 0 Å². The van der Waals surface area contributed by atoms with Crippen molar-refractivity contribution in [3.8, 4) is 5.75 Å². The third-order valence-electron chi connectivity index (χ3n) is 3.01. The SMILES string of the molecule is CCOCCOc1ccccc1N1CCNCC1. The predicted molar refractivity (Wildman–Crippen MR) is 73.5 cm³/mol. The molecule has 1 aliphatic heterocycles. The van der Waals surface area contributed by atoms with E-state index in [4.69, 9.17) is 9.47 Å². The minimum atomic E-state index is 0.608. The van der Waals surface area contributed by atoms with Crippen LogP contribution < -0.4 is 15.0 Å². The number of nitrogens with one attached hydrogen (secondary N) is 1. The van der Waals surface area contributed by atoms with Crippen LogP contribution in [0.4, 0.5) is 5.69 Å². The summed E-state index contributed by atoms with van der Waals surface area (Å²) in [6.45, 7) is 8.12. The highest BCUT2D eigenvalue weighted by molar-refractivity contribution is 5.58. The van der Waals surface area contributed by atoms with Gasteiger partial charge in [-0.1, -0.05) is 12.1 Å². The second-order valence-electron chi connectivity index (χ2n) is 4.25. The molecule has 0 saturated carbocycles. The number of benzene rings is 1. The molecule has 4 nitrogen and oxygen atoms in total. The Bertz CT molecular complexity index is 351. The van der Waals surface area contributed by atoms with Crippen molar-refractivity contribution in [3.63, 3.8) is 0 Å². The first-order valence-corrected chi connectivity index (χ1v) is 6.67. The summed E-state index contributed by atoms with van der Waals surface area (Å²) in [5.41, 5.74) is 1.19. The lowest BCUT2D eigenvalue weighted by molar-refractivity contribution is 0.110. The Hall–Kier alpha value is -1.26. The Morgan fingerprint density at radius 2 is 1.94 bits per heavy atom. The molecule has 1 N–H and O–H groups in total. The van der Waals surface area contributed by atoms with Gasteiger partial charge in [0.05, 0.1) is 12.3 Å². The van der Waals surface area contributed by atoms with Gasteiger partial charge in [-0.05, 0) is 19.1 Å². The minimum absolute atomic E-state index is 0.608. The fraction of sp³-hybridized carbons (Fsp3) is 0.571. The van der Waals surface area contributed by atoms with Crippen LogP contribution in [-0.2, 0) is 4.74 Å². The molecule has 0 bridgehead atoms. The quantitative estimate of drug-likeness (QED) is 0.776. The molecule has 4 heteroatoms. The van der Waals surface area contributed by atoms with Gasteiger partial charge in [-0.15, -0.1) is 0 Å². The number of rotatable bonds is 6.